The van der Waals surface area contributed by atoms with Crippen molar-refractivity contribution in [3.05, 3.63) is 29.6 Å². The third-order valence-corrected chi connectivity index (χ3v) is 2.23. The highest BCUT2D eigenvalue weighted by atomic mass is 19.3. The average Bonchev–Trinajstić information content (AvgIpc) is 2.28. The number of amides is 1. The van der Waals surface area contributed by atoms with Gasteiger partial charge >= 0.3 is 0 Å². The lowest BCUT2D eigenvalue weighted by Crippen LogP contribution is -2.38. The lowest BCUT2D eigenvalue weighted by Gasteiger charge is -2.21. The second kappa shape index (κ2) is 6.24. The summed E-state index contributed by atoms with van der Waals surface area (Å²) in [5.74, 6) is -0.586. The molecule has 0 aromatic carbocycles. The van der Waals surface area contributed by atoms with E-state index in [0.717, 1.165) is 4.90 Å². The van der Waals surface area contributed by atoms with Gasteiger partial charge in [-0.05, 0) is 18.6 Å². The molecule has 1 aromatic heterocycles. The highest BCUT2D eigenvalue weighted by Gasteiger charge is 2.21. The zero-order valence-electron chi connectivity index (χ0n) is 9.44. The number of carbonyl (C=O) groups is 1. The second-order valence-electron chi connectivity index (χ2n) is 3.53. The minimum Gasteiger partial charge on any atom is -0.395 e. The van der Waals surface area contributed by atoms with Crippen molar-refractivity contribution in [2.75, 3.05) is 19.7 Å². The predicted molar refractivity (Wildman–Crippen MR) is 58.0 cm³/mol. The molecule has 0 unspecified atom stereocenters. The Hall–Kier alpha value is -1.56. The van der Waals surface area contributed by atoms with Gasteiger partial charge in [0, 0.05) is 12.7 Å². The molecule has 0 saturated carbocycles. The topological polar surface area (TPSA) is 53.4 Å². The quantitative estimate of drug-likeness (QED) is 0.843. The van der Waals surface area contributed by atoms with Crippen molar-refractivity contribution in [3.63, 3.8) is 0 Å². The molecule has 6 heteroatoms. The fourth-order valence-electron chi connectivity index (χ4n) is 1.42. The summed E-state index contributed by atoms with van der Waals surface area (Å²) in [5, 5.41) is 8.76. The summed E-state index contributed by atoms with van der Waals surface area (Å²) in [5.41, 5.74) is 0.760. The van der Waals surface area contributed by atoms with Crippen LogP contribution in [-0.2, 0) is 0 Å². The van der Waals surface area contributed by atoms with Gasteiger partial charge in [-0.1, -0.05) is 6.07 Å². The molecule has 0 spiro atoms. The zero-order chi connectivity index (χ0) is 12.8. The maximum absolute atomic E-state index is 12.3. The van der Waals surface area contributed by atoms with E-state index in [1.807, 2.05) is 0 Å². The number of hydrogen-bond acceptors (Lipinski definition) is 3. The van der Waals surface area contributed by atoms with Gasteiger partial charge in [-0.3, -0.25) is 9.78 Å². The van der Waals surface area contributed by atoms with Crippen molar-refractivity contribution in [2.45, 2.75) is 13.3 Å². The van der Waals surface area contributed by atoms with Crippen molar-refractivity contribution < 1.29 is 18.7 Å². The van der Waals surface area contributed by atoms with Crippen LogP contribution in [0.1, 0.15) is 16.1 Å². The fraction of sp³-hybridized carbons (Fsp3) is 0.455. The molecule has 1 aromatic rings. The Labute approximate surface area is 97.9 Å². The monoisotopic (exact) mass is 244 g/mol. The highest BCUT2D eigenvalue weighted by molar-refractivity contribution is 5.93. The van der Waals surface area contributed by atoms with Crippen LogP contribution in [0.5, 0.6) is 0 Å². The number of aryl methyl sites for hydroxylation is 1. The molecular weight excluding hydrogens is 230 g/mol. The number of aromatic nitrogens is 1. The van der Waals surface area contributed by atoms with Crippen molar-refractivity contribution in [1.29, 1.82) is 0 Å². The van der Waals surface area contributed by atoms with Crippen molar-refractivity contribution >= 4 is 5.91 Å². The summed E-state index contributed by atoms with van der Waals surface area (Å²) in [4.78, 5) is 16.7. The van der Waals surface area contributed by atoms with Gasteiger partial charge in [0.05, 0.1) is 13.2 Å². The van der Waals surface area contributed by atoms with Gasteiger partial charge in [-0.25, -0.2) is 8.78 Å². The van der Waals surface area contributed by atoms with E-state index in [9.17, 15) is 13.6 Å². The van der Waals surface area contributed by atoms with E-state index in [1.54, 1.807) is 19.1 Å². The summed E-state index contributed by atoms with van der Waals surface area (Å²) >= 11 is 0. The van der Waals surface area contributed by atoms with Crippen LogP contribution in [0, 0.1) is 6.92 Å². The van der Waals surface area contributed by atoms with Crippen LogP contribution in [0.2, 0.25) is 0 Å². The highest BCUT2D eigenvalue weighted by Crippen LogP contribution is 2.09. The number of nitrogens with zero attached hydrogens (tertiary/aromatic N) is 2. The number of aliphatic hydroxyl groups excluding tert-OH is 1. The number of alkyl halides is 2. The predicted octanol–water partition coefficient (Wildman–Crippen LogP) is 1.09. The lowest BCUT2D eigenvalue weighted by molar-refractivity contribution is 0.0503. The number of rotatable bonds is 5. The number of carbonyl (C=O) groups excluding carboxylic acids is 1. The summed E-state index contributed by atoms with van der Waals surface area (Å²) < 4.78 is 24.6. The first-order chi connectivity index (χ1) is 8.06. The van der Waals surface area contributed by atoms with Gasteiger partial charge in [0.2, 0.25) is 0 Å². The molecule has 1 rings (SSSR count). The number of pyridine rings is 1. The number of halogens is 2. The van der Waals surface area contributed by atoms with E-state index in [2.05, 4.69) is 4.98 Å². The van der Waals surface area contributed by atoms with Crippen LogP contribution in [0.25, 0.3) is 0 Å². The largest absolute Gasteiger partial charge is 0.395 e. The van der Waals surface area contributed by atoms with Gasteiger partial charge in [-0.2, -0.15) is 0 Å². The summed E-state index contributed by atoms with van der Waals surface area (Å²) in [6.45, 7) is 0.499. The SMILES string of the molecule is Cc1cccnc1C(=O)N(CCO)CC(F)F. The van der Waals surface area contributed by atoms with Gasteiger partial charge in [-0.15, -0.1) is 0 Å². The molecular formula is C11H14F2N2O2. The lowest BCUT2D eigenvalue weighted by atomic mass is 10.2. The molecule has 0 bridgehead atoms. The van der Waals surface area contributed by atoms with Gasteiger partial charge in [0.15, 0.2) is 0 Å². The van der Waals surface area contributed by atoms with Crippen molar-refractivity contribution in [3.8, 4) is 0 Å². The summed E-state index contributed by atoms with van der Waals surface area (Å²) in [6, 6.07) is 3.34. The fourth-order valence-corrected chi connectivity index (χ4v) is 1.42. The van der Waals surface area contributed by atoms with Crippen LogP contribution in [0.4, 0.5) is 8.78 Å². The van der Waals surface area contributed by atoms with Gasteiger partial charge < -0.3 is 10.0 Å². The van der Waals surface area contributed by atoms with Crippen molar-refractivity contribution in [1.82, 2.24) is 9.88 Å². The van der Waals surface area contributed by atoms with Crippen LogP contribution in [-0.4, -0.2) is 47.0 Å². The molecule has 1 amide bonds. The molecule has 0 aliphatic heterocycles. The Balaban J connectivity index is 2.88. The molecule has 4 nitrogen and oxygen atoms in total. The standard InChI is InChI=1S/C11H14F2N2O2/c1-8-3-2-4-14-10(8)11(17)15(5-6-16)7-9(12)13/h2-4,9,16H,5-7H2,1H3. The van der Waals surface area contributed by atoms with E-state index in [4.69, 9.17) is 5.11 Å². The Morgan fingerprint density at radius 3 is 2.82 bits per heavy atom. The third-order valence-electron chi connectivity index (χ3n) is 2.23. The molecule has 94 valence electrons. The maximum atomic E-state index is 12.3. The van der Waals surface area contributed by atoms with E-state index in [1.165, 1.54) is 6.20 Å². The van der Waals surface area contributed by atoms with E-state index < -0.39 is 18.9 Å². The Kier molecular flexibility index (Phi) is 4.96. The maximum Gasteiger partial charge on any atom is 0.272 e. The molecule has 0 aliphatic rings. The Morgan fingerprint density at radius 2 is 2.29 bits per heavy atom. The molecule has 0 radical (unpaired) electrons. The molecule has 0 fully saturated rings. The van der Waals surface area contributed by atoms with Crippen LogP contribution in [0.15, 0.2) is 18.3 Å². The van der Waals surface area contributed by atoms with Crippen molar-refractivity contribution in [2.24, 2.45) is 0 Å². The van der Waals surface area contributed by atoms with Gasteiger partial charge in [0.25, 0.3) is 12.3 Å². The first-order valence-corrected chi connectivity index (χ1v) is 5.16. The smallest absolute Gasteiger partial charge is 0.272 e. The third kappa shape index (κ3) is 3.74. The minimum atomic E-state index is -2.63. The van der Waals surface area contributed by atoms with E-state index in [-0.39, 0.29) is 18.8 Å². The zero-order valence-corrected chi connectivity index (χ0v) is 9.44. The van der Waals surface area contributed by atoms with Crippen LogP contribution >= 0.6 is 0 Å². The second-order valence-corrected chi connectivity index (χ2v) is 3.53. The van der Waals surface area contributed by atoms with E-state index in [0.29, 0.717) is 5.56 Å². The molecule has 0 atom stereocenters. The van der Waals surface area contributed by atoms with Gasteiger partial charge in [0.1, 0.15) is 5.69 Å². The van der Waals surface area contributed by atoms with E-state index >= 15 is 0 Å². The summed E-state index contributed by atoms with van der Waals surface area (Å²) in [7, 11) is 0. The van der Waals surface area contributed by atoms with Crippen LogP contribution < -0.4 is 0 Å². The molecule has 1 N–H and O–H groups in total. The molecule has 1 heterocycles. The summed E-state index contributed by atoms with van der Waals surface area (Å²) in [6.07, 6.45) is -1.20. The molecule has 17 heavy (non-hydrogen) atoms. The number of aliphatic hydroxyl groups is 1. The Morgan fingerprint density at radius 1 is 1.59 bits per heavy atom. The molecule has 0 aliphatic carbocycles. The molecule has 0 saturated heterocycles. The number of hydrogen-bond donors (Lipinski definition) is 1. The van der Waals surface area contributed by atoms with Crippen LogP contribution in [0.3, 0.4) is 0 Å². The Bertz CT molecular complexity index is 385. The first kappa shape index (κ1) is 13.5. The minimum absolute atomic E-state index is 0.126. The average molecular weight is 244 g/mol. The first-order valence-electron chi connectivity index (χ1n) is 5.16. The normalized spacial score (nSPS) is 10.6.